The molecule has 1 aromatic heterocycles. The van der Waals surface area contributed by atoms with E-state index in [4.69, 9.17) is 4.74 Å². The Hall–Kier alpha value is -2.61. The van der Waals surface area contributed by atoms with Gasteiger partial charge >= 0.3 is 12.1 Å². The predicted octanol–water partition coefficient (Wildman–Crippen LogP) is 4.90. The standard InChI is InChI=1S/C20H26N4O3S/c1-20(2,3)27-19(26)24-11-7-8-14(12-24)17-22-16(13-28-17)23-18(25)21-15-9-5-4-6-10-15/h4-6,9-10,13-14H,7-8,11-12H2,1-3H3,(H2,21,23,25). The highest BCUT2D eigenvalue weighted by molar-refractivity contribution is 7.10. The quantitative estimate of drug-likeness (QED) is 0.765. The lowest BCUT2D eigenvalue weighted by molar-refractivity contribution is 0.0198. The fourth-order valence-electron chi connectivity index (χ4n) is 3.00. The molecule has 3 amide bonds. The highest BCUT2D eigenvalue weighted by Crippen LogP contribution is 2.31. The average molecular weight is 403 g/mol. The second kappa shape index (κ2) is 8.60. The monoisotopic (exact) mass is 402 g/mol. The molecule has 150 valence electrons. The minimum absolute atomic E-state index is 0.152. The number of amides is 3. The van der Waals surface area contributed by atoms with Gasteiger partial charge < -0.3 is 15.0 Å². The number of para-hydroxylation sites is 1. The third-order valence-corrected chi connectivity index (χ3v) is 5.22. The van der Waals surface area contributed by atoms with Crippen LogP contribution in [0.25, 0.3) is 0 Å². The summed E-state index contributed by atoms with van der Waals surface area (Å²) >= 11 is 1.50. The van der Waals surface area contributed by atoms with Crippen molar-refractivity contribution >= 4 is 35.0 Å². The van der Waals surface area contributed by atoms with E-state index >= 15 is 0 Å². The zero-order chi connectivity index (χ0) is 20.1. The highest BCUT2D eigenvalue weighted by atomic mass is 32.1. The smallest absolute Gasteiger partial charge is 0.410 e. The Bertz CT molecular complexity index is 816. The molecule has 0 spiro atoms. The van der Waals surface area contributed by atoms with Gasteiger partial charge in [0.05, 0.1) is 5.01 Å². The van der Waals surface area contributed by atoms with Crippen LogP contribution in [0, 0.1) is 0 Å². The van der Waals surface area contributed by atoms with Crippen LogP contribution in [0.5, 0.6) is 0 Å². The van der Waals surface area contributed by atoms with Crippen molar-refractivity contribution in [2.75, 3.05) is 23.7 Å². The maximum absolute atomic E-state index is 12.3. The van der Waals surface area contributed by atoms with Gasteiger partial charge in [-0.1, -0.05) is 18.2 Å². The number of carbonyl (C=O) groups is 2. The third kappa shape index (κ3) is 5.69. The summed E-state index contributed by atoms with van der Waals surface area (Å²) in [6.45, 7) is 6.88. The van der Waals surface area contributed by atoms with Crippen LogP contribution in [-0.4, -0.2) is 40.7 Å². The SMILES string of the molecule is CC(C)(C)OC(=O)N1CCCC(c2nc(NC(=O)Nc3ccccc3)cs2)C1. The van der Waals surface area contributed by atoms with Crippen molar-refractivity contribution in [3.8, 4) is 0 Å². The first-order chi connectivity index (χ1) is 13.3. The summed E-state index contributed by atoms with van der Waals surface area (Å²) in [6, 6.07) is 8.91. The van der Waals surface area contributed by atoms with Crippen LogP contribution < -0.4 is 10.6 Å². The number of carbonyl (C=O) groups excluding carboxylic acids is 2. The topological polar surface area (TPSA) is 83.6 Å². The molecule has 1 fully saturated rings. The zero-order valence-corrected chi connectivity index (χ0v) is 17.2. The summed E-state index contributed by atoms with van der Waals surface area (Å²) in [6.07, 6.45) is 1.58. The van der Waals surface area contributed by atoms with Gasteiger partial charge in [-0.05, 0) is 45.7 Å². The Labute approximate surface area is 169 Å². The van der Waals surface area contributed by atoms with Crippen molar-refractivity contribution < 1.29 is 14.3 Å². The minimum atomic E-state index is -0.506. The van der Waals surface area contributed by atoms with Crippen LogP contribution in [0.2, 0.25) is 0 Å². The summed E-state index contributed by atoms with van der Waals surface area (Å²) in [7, 11) is 0. The summed E-state index contributed by atoms with van der Waals surface area (Å²) in [5, 5.41) is 8.27. The van der Waals surface area contributed by atoms with Gasteiger partial charge in [-0.25, -0.2) is 14.6 Å². The van der Waals surface area contributed by atoms with Gasteiger partial charge in [0.25, 0.3) is 0 Å². The molecule has 1 aliphatic heterocycles. The summed E-state index contributed by atoms with van der Waals surface area (Å²) in [5.41, 5.74) is 0.213. The van der Waals surface area contributed by atoms with E-state index in [-0.39, 0.29) is 18.0 Å². The lowest BCUT2D eigenvalue weighted by atomic mass is 9.99. The first-order valence-corrected chi connectivity index (χ1v) is 10.2. The fraction of sp³-hybridized carbons (Fsp3) is 0.450. The number of thiazole rings is 1. The number of likely N-dealkylation sites (tertiary alicyclic amines) is 1. The second-order valence-electron chi connectivity index (χ2n) is 7.78. The molecule has 3 rings (SSSR count). The van der Waals surface area contributed by atoms with Crippen molar-refractivity contribution in [2.45, 2.75) is 45.1 Å². The molecule has 0 aliphatic carbocycles. The van der Waals surface area contributed by atoms with Gasteiger partial charge in [0, 0.05) is 30.1 Å². The first-order valence-electron chi connectivity index (χ1n) is 9.36. The summed E-state index contributed by atoms with van der Waals surface area (Å²) in [5.74, 6) is 0.668. The minimum Gasteiger partial charge on any atom is -0.444 e. The average Bonchev–Trinajstić information content (AvgIpc) is 3.09. The predicted molar refractivity (Wildman–Crippen MR) is 111 cm³/mol. The largest absolute Gasteiger partial charge is 0.444 e. The van der Waals surface area contributed by atoms with E-state index in [2.05, 4.69) is 15.6 Å². The van der Waals surface area contributed by atoms with Gasteiger partial charge in [-0.3, -0.25) is 5.32 Å². The molecule has 2 heterocycles. The lowest BCUT2D eigenvalue weighted by Crippen LogP contribution is -2.42. The van der Waals surface area contributed by atoms with Crippen molar-refractivity contribution in [2.24, 2.45) is 0 Å². The first kappa shape index (κ1) is 20.1. The van der Waals surface area contributed by atoms with E-state index in [1.165, 1.54) is 11.3 Å². The van der Waals surface area contributed by atoms with Crippen molar-refractivity contribution in [3.63, 3.8) is 0 Å². The number of rotatable bonds is 3. The molecule has 1 aliphatic rings. The maximum atomic E-state index is 12.3. The molecule has 1 atom stereocenters. The van der Waals surface area contributed by atoms with E-state index in [9.17, 15) is 9.59 Å². The second-order valence-corrected chi connectivity index (χ2v) is 8.67. The van der Waals surface area contributed by atoms with Gasteiger partial charge in [-0.15, -0.1) is 11.3 Å². The summed E-state index contributed by atoms with van der Waals surface area (Å²) < 4.78 is 5.48. The number of anilines is 2. The number of hydrogen-bond acceptors (Lipinski definition) is 5. The van der Waals surface area contributed by atoms with E-state index in [0.717, 1.165) is 23.5 Å². The molecular weight excluding hydrogens is 376 g/mol. The van der Waals surface area contributed by atoms with Crippen molar-refractivity contribution in [1.82, 2.24) is 9.88 Å². The molecule has 0 bridgehead atoms. The van der Waals surface area contributed by atoms with Crippen LogP contribution in [0.4, 0.5) is 21.1 Å². The van der Waals surface area contributed by atoms with Crippen LogP contribution in [0.15, 0.2) is 35.7 Å². The number of nitrogens with zero attached hydrogens (tertiary/aromatic N) is 2. The Morgan fingerprint density at radius 1 is 1.21 bits per heavy atom. The zero-order valence-electron chi connectivity index (χ0n) is 16.4. The van der Waals surface area contributed by atoms with Gasteiger partial charge in [0.2, 0.25) is 0 Å². The Kier molecular flexibility index (Phi) is 6.18. The van der Waals surface area contributed by atoms with Crippen molar-refractivity contribution in [3.05, 3.63) is 40.7 Å². The summed E-state index contributed by atoms with van der Waals surface area (Å²) in [4.78, 5) is 30.7. The fourth-order valence-corrected chi connectivity index (χ4v) is 3.88. The molecule has 7 nitrogen and oxygen atoms in total. The number of ether oxygens (including phenoxy) is 1. The molecule has 0 saturated carbocycles. The molecule has 8 heteroatoms. The number of benzene rings is 1. The molecule has 2 aromatic rings. The molecule has 1 saturated heterocycles. The van der Waals surface area contributed by atoms with Crippen LogP contribution in [-0.2, 0) is 4.74 Å². The van der Waals surface area contributed by atoms with E-state index in [0.29, 0.717) is 18.9 Å². The van der Waals surface area contributed by atoms with Gasteiger partial charge in [0.15, 0.2) is 0 Å². The number of nitrogens with one attached hydrogen (secondary N) is 2. The van der Waals surface area contributed by atoms with Crippen LogP contribution >= 0.6 is 11.3 Å². The Balaban J connectivity index is 1.57. The molecule has 1 aromatic carbocycles. The highest BCUT2D eigenvalue weighted by Gasteiger charge is 2.29. The van der Waals surface area contributed by atoms with Crippen molar-refractivity contribution in [1.29, 1.82) is 0 Å². The molecular formula is C20H26N4O3S. The molecule has 28 heavy (non-hydrogen) atoms. The third-order valence-electron chi connectivity index (χ3n) is 4.22. The number of aromatic nitrogens is 1. The van der Waals surface area contributed by atoms with Crippen LogP contribution in [0.3, 0.4) is 0 Å². The number of urea groups is 1. The molecule has 2 N–H and O–H groups in total. The van der Waals surface area contributed by atoms with Gasteiger partial charge in [-0.2, -0.15) is 0 Å². The van der Waals surface area contributed by atoms with E-state index in [1.807, 2.05) is 56.5 Å². The van der Waals surface area contributed by atoms with E-state index in [1.54, 1.807) is 4.90 Å². The molecule has 0 radical (unpaired) electrons. The Morgan fingerprint density at radius 2 is 1.96 bits per heavy atom. The maximum Gasteiger partial charge on any atom is 0.410 e. The Morgan fingerprint density at radius 3 is 2.68 bits per heavy atom. The van der Waals surface area contributed by atoms with E-state index < -0.39 is 5.60 Å². The number of piperidine rings is 1. The number of hydrogen-bond donors (Lipinski definition) is 2. The molecule has 1 unspecified atom stereocenters. The van der Waals surface area contributed by atoms with Crippen LogP contribution in [0.1, 0.15) is 44.5 Å². The normalized spacial score (nSPS) is 17.1. The lowest BCUT2D eigenvalue weighted by Gasteiger charge is -2.33. The van der Waals surface area contributed by atoms with Gasteiger partial charge in [0.1, 0.15) is 11.4 Å².